The quantitative estimate of drug-likeness (QED) is 0.666. The molecule has 0 saturated carbocycles. The number of hydrogen-bond donors (Lipinski definition) is 1. The Morgan fingerprint density at radius 2 is 2.06 bits per heavy atom. The van der Waals surface area contributed by atoms with Crippen molar-refractivity contribution in [2.45, 2.75) is 0 Å². The van der Waals surface area contributed by atoms with E-state index in [1.54, 1.807) is 30.3 Å². The van der Waals surface area contributed by atoms with Gasteiger partial charge < -0.3 is 4.74 Å². The average molecular weight is 259 g/mol. The molecule has 4 nitrogen and oxygen atoms in total. The molecule has 0 aromatic heterocycles. The molecule has 1 aromatic rings. The number of amides is 2. The van der Waals surface area contributed by atoms with E-state index in [0.717, 1.165) is 17.3 Å². The summed E-state index contributed by atoms with van der Waals surface area (Å²) in [7, 11) is 0. The van der Waals surface area contributed by atoms with Gasteiger partial charge in [-0.1, -0.05) is 18.1 Å². The molecule has 0 unspecified atom stereocenters. The lowest BCUT2D eigenvalue weighted by Gasteiger charge is -2.02. The summed E-state index contributed by atoms with van der Waals surface area (Å²) in [5, 5.41) is 1.85. The number of carbonyl (C=O) groups is 2. The Morgan fingerprint density at radius 3 is 2.61 bits per heavy atom. The summed E-state index contributed by atoms with van der Waals surface area (Å²) < 4.78 is 5.22. The third kappa shape index (κ3) is 2.93. The summed E-state index contributed by atoms with van der Waals surface area (Å²) in [6.45, 7) is 0.215. The van der Waals surface area contributed by atoms with E-state index in [0.29, 0.717) is 10.7 Å². The van der Waals surface area contributed by atoms with Crippen LogP contribution >= 0.6 is 11.8 Å². The Labute approximate surface area is 108 Å². The second kappa shape index (κ2) is 5.43. The zero-order valence-electron chi connectivity index (χ0n) is 9.30. The van der Waals surface area contributed by atoms with Gasteiger partial charge in [-0.15, -0.1) is 6.42 Å². The molecule has 1 fully saturated rings. The zero-order chi connectivity index (χ0) is 13.0. The van der Waals surface area contributed by atoms with E-state index in [1.807, 2.05) is 0 Å². The van der Waals surface area contributed by atoms with Crippen LogP contribution in [0.25, 0.3) is 6.08 Å². The Hall–Kier alpha value is -2.19. The summed E-state index contributed by atoms with van der Waals surface area (Å²) in [5.41, 5.74) is 0.815. The molecule has 5 heteroatoms. The smallest absolute Gasteiger partial charge is 0.290 e. The summed E-state index contributed by atoms with van der Waals surface area (Å²) in [6, 6.07) is 7.08. The molecule has 0 aliphatic carbocycles. The van der Waals surface area contributed by atoms with Gasteiger partial charge in [0.1, 0.15) is 12.4 Å². The number of rotatable bonds is 3. The molecule has 1 aromatic carbocycles. The standard InChI is InChI=1S/C13H9NO3S/c1-2-7-17-10-5-3-9(4-6-10)8-11-12(15)14-13(16)18-11/h1,3-6,8H,7H2,(H,14,15,16)/b11-8-. The van der Waals surface area contributed by atoms with Crippen LogP contribution in [-0.4, -0.2) is 17.8 Å². The Balaban J connectivity index is 2.11. The van der Waals surface area contributed by atoms with Gasteiger partial charge in [0.05, 0.1) is 4.91 Å². The van der Waals surface area contributed by atoms with Crippen molar-refractivity contribution in [3.8, 4) is 18.1 Å². The molecule has 1 aliphatic heterocycles. The highest BCUT2D eigenvalue weighted by Crippen LogP contribution is 2.26. The number of carbonyl (C=O) groups excluding carboxylic acids is 2. The lowest BCUT2D eigenvalue weighted by atomic mass is 10.2. The summed E-state index contributed by atoms with van der Waals surface area (Å²) in [5.74, 6) is 2.67. The Bertz CT molecular complexity index is 555. The fraction of sp³-hybridized carbons (Fsp3) is 0.0769. The first-order valence-electron chi connectivity index (χ1n) is 5.10. The molecule has 0 atom stereocenters. The van der Waals surface area contributed by atoms with Crippen LogP contribution in [0.15, 0.2) is 29.2 Å². The first-order chi connectivity index (χ1) is 8.69. The molecule has 0 spiro atoms. The predicted molar refractivity (Wildman–Crippen MR) is 69.9 cm³/mol. The van der Waals surface area contributed by atoms with E-state index in [2.05, 4.69) is 11.2 Å². The van der Waals surface area contributed by atoms with Gasteiger partial charge >= 0.3 is 0 Å². The number of benzene rings is 1. The van der Waals surface area contributed by atoms with Crippen LogP contribution < -0.4 is 10.1 Å². The summed E-state index contributed by atoms with van der Waals surface area (Å²) in [4.78, 5) is 22.7. The van der Waals surface area contributed by atoms with Gasteiger partial charge in [-0.3, -0.25) is 14.9 Å². The monoisotopic (exact) mass is 259 g/mol. The van der Waals surface area contributed by atoms with Crippen LogP contribution in [0.4, 0.5) is 4.79 Å². The highest BCUT2D eigenvalue weighted by molar-refractivity contribution is 8.18. The highest BCUT2D eigenvalue weighted by Gasteiger charge is 2.24. The number of ether oxygens (including phenoxy) is 1. The number of thioether (sulfide) groups is 1. The van der Waals surface area contributed by atoms with Gasteiger partial charge in [-0.25, -0.2) is 0 Å². The molecule has 0 radical (unpaired) electrons. The predicted octanol–water partition coefficient (Wildman–Crippen LogP) is 2.02. The van der Waals surface area contributed by atoms with Crippen LogP contribution in [0, 0.1) is 12.3 Å². The van der Waals surface area contributed by atoms with Crippen molar-refractivity contribution in [2.24, 2.45) is 0 Å². The third-order valence-electron chi connectivity index (χ3n) is 2.14. The van der Waals surface area contributed by atoms with Gasteiger partial charge in [-0.05, 0) is 35.5 Å². The fourth-order valence-electron chi connectivity index (χ4n) is 1.36. The van der Waals surface area contributed by atoms with E-state index in [4.69, 9.17) is 11.2 Å². The van der Waals surface area contributed by atoms with Gasteiger partial charge in [0.2, 0.25) is 0 Å². The van der Waals surface area contributed by atoms with Crippen molar-refractivity contribution >= 4 is 29.0 Å². The van der Waals surface area contributed by atoms with Crippen LogP contribution in [0.1, 0.15) is 5.56 Å². The van der Waals surface area contributed by atoms with Crippen molar-refractivity contribution in [1.29, 1.82) is 0 Å². The minimum absolute atomic E-state index is 0.215. The maximum absolute atomic E-state index is 11.3. The Morgan fingerprint density at radius 1 is 1.33 bits per heavy atom. The van der Waals surface area contributed by atoms with E-state index in [1.165, 1.54) is 0 Å². The first-order valence-corrected chi connectivity index (χ1v) is 5.92. The number of nitrogens with one attached hydrogen (secondary N) is 1. The van der Waals surface area contributed by atoms with E-state index in [9.17, 15) is 9.59 Å². The molecule has 2 amide bonds. The molecule has 90 valence electrons. The van der Waals surface area contributed by atoms with E-state index < -0.39 is 0 Å². The molecular weight excluding hydrogens is 250 g/mol. The minimum atomic E-state index is -0.363. The summed E-state index contributed by atoms with van der Waals surface area (Å²) >= 11 is 0.890. The van der Waals surface area contributed by atoms with Crippen molar-refractivity contribution < 1.29 is 14.3 Å². The normalized spacial score (nSPS) is 16.5. The van der Waals surface area contributed by atoms with Crippen molar-refractivity contribution in [3.63, 3.8) is 0 Å². The molecule has 0 bridgehead atoms. The maximum Gasteiger partial charge on any atom is 0.290 e. The topological polar surface area (TPSA) is 55.4 Å². The third-order valence-corrected chi connectivity index (χ3v) is 2.95. The fourth-order valence-corrected chi connectivity index (χ4v) is 2.04. The largest absolute Gasteiger partial charge is 0.481 e. The van der Waals surface area contributed by atoms with Gasteiger partial charge in [0.25, 0.3) is 11.1 Å². The van der Waals surface area contributed by atoms with Crippen LogP contribution in [-0.2, 0) is 4.79 Å². The SMILES string of the molecule is C#CCOc1ccc(/C=C2\SC(=O)NC2=O)cc1. The molecule has 1 N–H and O–H groups in total. The number of imide groups is 1. The second-order valence-corrected chi connectivity index (χ2v) is 4.43. The minimum Gasteiger partial charge on any atom is -0.481 e. The number of terminal acetylenes is 1. The van der Waals surface area contributed by atoms with E-state index >= 15 is 0 Å². The first kappa shape index (κ1) is 12.3. The Kier molecular flexibility index (Phi) is 3.70. The van der Waals surface area contributed by atoms with Crippen LogP contribution in [0.5, 0.6) is 5.75 Å². The highest BCUT2D eigenvalue weighted by atomic mass is 32.2. The molecule has 18 heavy (non-hydrogen) atoms. The summed E-state index contributed by atoms with van der Waals surface area (Å²) in [6.07, 6.45) is 6.73. The van der Waals surface area contributed by atoms with Crippen LogP contribution in [0.2, 0.25) is 0 Å². The molecule has 1 aliphatic rings. The lowest BCUT2D eigenvalue weighted by Crippen LogP contribution is -2.17. The maximum atomic E-state index is 11.3. The molecular formula is C13H9NO3S. The zero-order valence-corrected chi connectivity index (χ0v) is 10.1. The van der Waals surface area contributed by atoms with Crippen LogP contribution in [0.3, 0.4) is 0 Å². The molecule has 2 rings (SSSR count). The van der Waals surface area contributed by atoms with Gasteiger partial charge in [0.15, 0.2) is 0 Å². The average Bonchev–Trinajstić information content (AvgIpc) is 2.67. The van der Waals surface area contributed by atoms with Crippen molar-refractivity contribution in [3.05, 3.63) is 34.7 Å². The lowest BCUT2D eigenvalue weighted by molar-refractivity contribution is -0.115. The second-order valence-electron chi connectivity index (χ2n) is 3.41. The molecule has 1 saturated heterocycles. The van der Waals surface area contributed by atoms with E-state index in [-0.39, 0.29) is 17.8 Å². The molecule has 1 heterocycles. The van der Waals surface area contributed by atoms with Crippen molar-refractivity contribution in [1.82, 2.24) is 5.32 Å². The number of hydrogen-bond acceptors (Lipinski definition) is 4. The van der Waals surface area contributed by atoms with Crippen molar-refractivity contribution in [2.75, 3.05) is 6.61 Å². The van der Waals surface area contributed by atoms with Gasteiger partial charge in [-0.2, -0.15) is 0 Å². The van der Waals surface area contributed by atoms with Gasteiger partial charge in [0, 0.05) is 0 Å².